The Hall–Kier alpha value is -2.74. The van der Waals surface area contributed by atoms with Gasteiger partial charge in [-0.1, -0.05) is 12.1 Å². The average molecular weight is 371 g/mol. The summed E-state index contributed by atoms with van der Waals surface area (Å²) in [4.78, 5) is 35.5. The molecule has 0 aliphatic rings. The van der Waals surface area contributed by atoms with E-state index in [1.807, 2.05) is 18.2 Å². The Kier molecular flexibility index (Phi) is 5.32. The number of hydrogen-bond acceptors (Lipinski definition) is 5. The van der Waals surface area contributed by atoms with Gasteiger partial charge in [-0.15, -0.1) is 11.3 Å². The first-order valence-electron chi connectivity index (χ1n) is 8.30. The molecule has 0 N–H and O–H groups in total. The summed E-state index contributed by atoms with van der Waals surface area (Å²) in [6, 6.07) is 8.08. The molecule has 136 valence electrons. The highest BCUT2D eigenvalue weighted by molar-refractivity contribution is 7.18. The Balaban J connectivity index is 1.63. The predicted octanol–water partition coefficient (Wildman–Crippen LogP) is 2.33. The minimum atomic E-state index is -0.155. The number of benzene rings is 1. The van der Waals surface area contributed by atoms with Gasteiger partial charge in [0.25, 0.3) is 5.91 Å². The van der Waals surface area contributed by atoms with Crippen LogP contribution in [0.4, 0.5) is 5.82 Å². The molecule has 0 saturated heterocycles. The van der Waals surface area contributed by atoms with Gasteiger partial charge in [0.15, 0.2) is 11.5 Å². The van der Waals surface area contributed by atoms with Crippen molar-refractivity contribution < 1.29 is 9.59 Å². The minimum Gasteiger partial charge on any atom is -0.340 e. The van der Waals surface area contributed by atoms with Crippen LogP contribution in [0.25, 0.3) is 10.2 Å². The summed E-state index contributed by atoms with van der Waals surface area (Å²) in [7, 11) is 5.09. The van der Waals surface area contributed by atoms with Crippen LogP contribution in [0.15, 0.2) is 30.6 Å². The van der Waals surface area contributed by atoms with E-state index in [1.54, 1.807) is 41.9 Å². The fourth-order valence-corrected chi connectivity index (χ4v) is 3.76. The number of carbonyl (C=O) groups is 2. The number of aromatic nitrogens is 3. The van der Waals surface area contributed by atoms with Gasteiger partial charge < -0.3 is 14.4 Å². The first-order chi connectivity index (χ1) is 12.5. The molecular formula is C18H21N5O2S. The number of fused-ring (bicyclic) bond motifs is 1. The van der Waals surface area contributed by atoms with E-state index in [4.69, 9.17) is 0 Å². The van der Waals surface area contributed by atoms with E-state index in [1.165, 1.54) is 15.9 Å². The second-order valence-corrected chi connectivity index (χ2v) is 7.26. The highest BCUT2D eigenvalue weighted by Crippen LogP contribution is 2.23. The Morgan fingerprint density at radius 3 is 2.81 bits per heavy atom. The number of aryl methyl sites for hydroxylation is 2. The van der Waals surface area contributed by atoms with Gasteiger partial charge in [0, 0.05) is 34.1 Å². The fourth-order valence-electron chi connectivity index (χ4n) is 2.75. The summed E-state index contributed by atoms with van der Waals surface area (Å²) >= 11 is 1.69. The number of carbonyl (C=O) groups excluding carboxylic acids is 2. The lowest BCUT2D eigenvalue weighted by Gasteiger charge is -2.19. The van der Waals surface area contributed by atoms with E-state index in [0.29, 0.717) is 24.5 Å². The second-order valence-electron chi connectivity index (χ2n) is 6.15. The molecular weight excluding hydrogens is 350 g/mol. The third kappa shape index (κ3) is 3.60. The van der Waals surface area contributed by atoms with Gasteiger partial charge in [-0.2, -0.15) is 0 Å². The molecule has 1 aromatic carbocycles. The van der Waals surface area contributed by atoms with Crippen molar-refractivity contribution in [1.29, 1.82) is 0 Å². The molecule has 0 fully saturated rings. The molecule has 0 aliphatic heterocycles. The zero-order valence-electron chi connectivity index (χ0n) is 15.0. The zero-order valence-corrected chi connectivity index (χ0v) is 15.9. The normalized spacial score (nSPS) is 10.9. The monoisotopic (exact) mass is 371 g/mol. The van der Waals surface area contributed by atoms with Gasteiger partial charge in [-0.05, 0) is 18.6 Å². The smallest absolute Gasteiger partial charge is 0.274 e. The molecule has 7 nitrogen and oxygen atoms in total. The number of thiazole rings is 1. The third-order valence-corrected chi connectivity index (χ3v) is 5.28. The second kappa shape index (κ2) is 7.65. The Bertz CT molecular complexity index is 900. The van der Waals surface area contributed by atoms with Crippen molar-refractivity contribution in [3.63, 3.8) is 0 Å². The number of rotatable bonds is 7. The maximum atomic E-state index is 12.8. The molecule has 8 heteroatoms. The van der Waals surface area contributed by atoms with Crippen molar-refractivity contribution in [1.82, 2.24) is 19.4 Å². The average Bonchev–Trinajstić information content (AvgIpc) is 3.23. The van der Waals surface area contributed by atoms with E-state index < -0.39 is 0 Å². The molecule has 26 heavy (non-hydrogen) atoms. The van der Waals surface area contributed by atoms with Crippen LogP contribution in [-0.2, 0) is 18.3 Å². The first kappa shape index (κ1) is 18.1. The third-order valence-electron chi connectivity index (χ3n) is 4.18. The molecule has 2 aromatic heterocycles. The molecule has 0 unspecified atom stereocenters. The molecule has 0 radical (unpaired) electrons. The quantitative estimate of drug-likeness (QED) is 0.598. The summed E-state index contributed by atoms with van der Waals surface area (Å²) in [6.07, 6.45) is 3.83. The Morgan fingerprint density at radius 1 is 1.31 bits per heavy atom. The number of hydrogen-bond donors (Lipinski definition) is 0. The molecule has 0 spiro atoms. The van der Waals surface area contributed by atoms with Gasteiger partial charge in [0.2, 0.25) is 6.41 Å². The highest BCUT2D eigenvalue weighted by atomic mass is 32.1. The molecule has 3 aromatic rings. The van der Waals surface area contributed by atoms with E-state index in [0.717, 1.165) is 23.4 Å². The molecule has 3 rings (SSSR count). The molecule has 0 aliphatic carbocycles. The van der Waals surface area contributed by atoms with E-state index in [2.05, 4.69) is 16.0 Å². The van der Waals surface area contributed by atoms with Gasteiger partial charge in [0.05, 0.1) is 21.6 Å². The topological polar surface area (TPSA) is 71.3 Å². The summed E-state index contributed by atoms with van der Waals surface area (Å²) < 4.78 is 2.82. The van der Waals surface area contributed by atoms with Crippen LogP contribution in [0.5, 0.6) is 0 Å². The summed E-state index contributed by atoms with van der Waals surface area (Å²) in [6.45, 7) is 0.601. The molecule has 0 atom stereocenters. The van der Waals surface area contributed by atoms with Crippen molar-refractivity contribution in [2.24, 2.45) is 7.05 Å². The lowest BCUT2D eigenvalue weighted by atomic mass is 10.2. The van der Waals surface area contributed by atoms with Gasteiger partial charge in [-0.25, -0.2) is 9.97 Å². The molecule has 0 saturated carbocycles. The van der Waals surface area contributed by atoms with Crippen molar-refractivity contribution >= 4 is 39.7 Å². The summed E-state index contributed by atoms with van der Waals surface area (Å²) in [5.74, 6) is 0.212. The van der Waals surface area contributed by atoms with Gasteiger partial charge in [-0.3, -0.25) is 9.59 Å². The number of nitrogens with zero attached hydrogens (tertiary/aromatic N) is 5. The lowest BCUT2D eigenvalue weighted by Crippen LogP contribution is -2.31. The van der Waals surface area contributed by atoms with E-state index >= 15 is 0 Å². The largest absolute Gasteiger partial charge is 0.340 e. The van der Waals surface area contributed by atoms with Crippen molar-refractivity contribution in [2.45, 2.75) is 12.8 Å². The van der Waals surface area contributed by atoms with Crippen LogP contribution >= 0.6 is 11.3 Å². The van der Waals surface area contributed by atoms with E-state index in [-0.39, 0.29) is 5.91 Å². The molecule has 2 amide bonds. The molecule has 0 bridgehead atoms. The minimum absolute atomic E-state index is 0.155. The maximum Gasteiger partial charge on any atom is 0.274 e. The number of anilines is 1. The number of amides is 2. The van der Waals surface area contributed by atoms with Gasteiger partial charge in [0.1, 0.15) is 0 Å². The van der Waals surface area contributed by atoms with Crippen LogP contribution < -0.4 is 4.90 Å². The zero-order chi connectivity index (χ0) is 18.7. The fraction of sp³-hybridized carbons (Fsp3) is 0.333. The highest BCUT2D eigenvalue weighted by Gasteiger charge is 2.22. The molecule has 2 heterocycles. The lowest BCUT2D eigenvalue weighted by molar-refractivity contribution is -0.107. The van der Waals surface area contributed by atoms with Crippen molar-refractivity contribution in [3.8, 4) is 0 Å². The van der Waals surface area contributed by atoms with Gasteiger partial charge >= 0.3 is 0 Å². The predicted molar refractivity (Wildman–Crippen MR) is 103 cm³/mol. The summed E-state index contributed by atoms with van der Waals surface area (Å²) in [5, 5.41) is 1.08. The SMILES string of the molecule is CN(CCCc1nc2ccccc2s1)C(=O)c1c(N(C)C=O)ncn1C. The number of para-hydroxylation sites is 1. The van der Waals surface area contributed by atoms with Crippen molar-refractivity contribution in [3.05, 3.63) is 41.3 Å². The maximum absolute atomic E-state index is 12.8. The van der Waals surface area contributed by atoms with Crippen LogP contribution in [-0.4, -0.2) is 52.4 Å². The van der Waals surface area contributed by atoms with Crippen LogP contribution in [0, 0.1) is 0 Å². The van der Waals surface area contributed by atoms with Crippen LogP contribution in [0.3, 0.4) is 0 Å². The number of imidazole rings is 1. The standard InChI is InChI=1S/C18H21N5O2S/c1-21(18(25)16-17(23(3)12-24)19-11-22(16)2)10-6-9-15-20-13-7-4-5-8-14(13)26-15/h4-5,7-8,11-12H,6,9-10H2,1-3H3. The Morgan fingerprint density at radius 2 is 2.08 bits per heavy atom. The first-order valence-corrected chi connectivity index (χ1v) is 9.12. The van der Waals surface area contributed by atoms with E-state index in [9.17, 15) is 9.59 Å². The van der Waals surface area contributed by atoms with Crippen LogP contribution in [0.2, 0.25) is 0 Å². The van der Waals surface area contributed by atoms with Crippen molar-refractivity contribution in [2.75, 3.05) is 25.5 Å². The summed E-state index contributed by atoms with van der Waals surface area (Å²) in [5.41, 5.74) is 1.43. The Labute approximate surface area is 155 Å². The van der Waals surface area contributed by atoms with Crippen LogP contribution in [0.1, 0.15) is 21.9 Å².